The molecule has 78 valence electrons. The first-order valence-electron chi connectivity index (χ1n) is 4.89. The predicted octanol–water partition coefficient (Wildman–Crippen LogP) is 2.28. The highest BCUT2D eigenvalue weighted by molar-refractivity contribution is 7.61. The SMILES string of the molecule is O=Cc1ccc([P+](=O)c2ccccc2)cc1. The maximum atomic E-state index is 12.1. The number of hydrogen-bond acceptors (Lipinski definition) is 2. The first kappa shape index (κ1) is 10.7. The Morgan fingerprint density at radius 1 is 0.812 bits per heavy atom. The molecule has 0 bridgehead atoms. The monoisotopic (exact) mass is 229 g/mol. The van der Waals surface area contributed by atoms with Crippen molar-refractivity contribution in [2.45, 2.75) is 0 Å². The van der Waals surface area contributed by atoms with Crippen LogP contribution in [0.3, 0.4) is 0 Å². The fourth-order valence-corrected chi connectivity index (χ4v) is 2.56. The van der Waals surface area contributed by atoms with Crippen LogP contribution in [0.5, 0.6) is 0 Å². The van der Waals surface area contributed by atoms with Crippen molar-refractivity contribution in [3.8, 4) is 0 Å². The second-order valence-corrected chi connectivity index (χ2v) is 4.96. The predicted molar refractivity (Wildman–Crippen MR) is 65.1 cm³/mol. The second-order valence-electron chi connectivity index (χ2n) is 3.34. The molecule has 0 aliphatic carbocycles. The van der Waals surface area contributed by atoms with Crippen LogP contribution in [-0.4, -0.2) is 6.29 Å². The van der Waals surface area contributed by atoms with Crippen LogP contribution in [0.1, 0.15) is 10.4 Å². The van der Waals surface area contributed by atoms with Gasteiger partial charge in [-0.25, -0.2) is 0 Å². The lowest BCUT2D eigenvalue weighted by atomic mass is 10.2. The highest BCUT2D eigenvalue weighted by Crippen LogP contribution is 2.18. The molecule has 0 radical (unpaired) electrons. The van der Waals surface area contributed by atoms with Gasteiger partial charge in [0.05, 0.1) is 0 Å². The molecule has 0 fully saturated rings. The molecule has 0 aromatic heterocycles. The van der Waals surface area contributed by atoms with Crippen molar-refractivity contribution in [2.24, 2.45) is 0 Å². The first-order chi connectivity index (χ1) is 7.81. The summed E-state index contributed by atoms with van der Waals surface area (Å²) in [5.41, 5.74) is 0.597. The number of carbonyl (C=O) groups is 1. The van der Waals surface area contributed by atoms with Gasteiger partial charge in [0.2, 0.25) is 0 Å². The second kappa shape index (κ2) is 4.82. The van der Waals surface area contributed by atoms with E-state index in [1.165, 1.54) is 0 Å². The zero-order valence-electron chi connectivity index (χ0n) is 8.54. The van der Waals surface area contributed by atoms with Crippen molar-refractivity contribution in [1.82, 2.24) is 0 Å². The van der Waals surface area contributed by atoms with Crippen molar-refractivity contribution in [1.29, 1.82) is 0 Å². The van der Waals surface area contributed by atoms with E-state index in [-0.39, 0.29) is 0 Å². The molecule has 0 saturated heterocycles. The molecule has 1 unspecified atom stereocenters. The third-order valence-corrected chi connectivity index (χ3v) is 3.79. The molecule has 0 saturated carbocycles. The summed E-state index contributed by atoms with van der Waals surface area (Å²) in [5, 5.41) is 1.54. The van der Waals surface area contributed by atoms with Gasteiger partial charge < -0.3 is 0 Å². The van der Waals surface area contributed by atoms with Gasteiger partial charge in [-0.3, -0.25) is 4.79 Å². The highest BCUT2D eigenvalue weighted by atomic mass is 31.1. The molecule has 0 spiro atoms. The lowest BCUT2D eigenvalue weighted by Gasteiger charge is -1.90. The largest absolute Gasteiger partial charge is 0.415 e. The van der Waals surface area contributed by atoms with Gasteiger partial charge in [-0.1, -0.05) is 22.8 Å². The topological polar surface area (TPSA) is 34.1 Å². The molecule has 0 N–H and O–H groups in total. The molecule has 3 heteroatoms. The lowest BCUT2D eigenvalue weighted by molar-refractivity contribution is 0.112. The number of benzene rings is 2. The fourth-order valence-electron chi connectivity index (χ4n) is 1.40. The maximum absolute atomic E-state index is 12.1. The van der Waals surface area contributed by atoms with E-state index >= 15 is 0 Å². The standard InChI is InChI=1S/C13H10O2P/c14-10-11-6-8-13(9-7-11)16(15)12-4-2-1-3-5-12/h1-10H/q+1. The van der Waals surface area contributed by atoms with Crippen molar-refractivity contribution < 1.29 is 9.36 Å². The van der Waals surface area contributed by atoms with Crippen LogP contribution in [0.25, 0.3) is 0 Å². The van der Waals surface area contributed by atoms with Crippen molar-refractivity contribution >= 4 is 24.7 Å². The van der Waals surface area contributed by atoms with Crippen LogP contribution < -0.4 is 10.6 Å². The molecule has 0 aliphatic rings. The number of carbonyl (C=O) groups excluding carboxylic acids is 1. The van der Waals surface area contributed by atoms with Crippen LogP contribution in [-0.2, 0) is 4.57 Å². The van der Waals surface area contributed by atoms with E-state index in [0.717, 1.165) is 16.9 Å². The van der Waals surface area contributed by atoms with Crippen LogP contribution in [0.2, 0.25) is 0 Å². The van der Waals surface area contributed by atoms with Crippen LogP contribution in [0.15, 0.2) is 54.6 Å². The molecule has 2 aromatic carbocycles. The van der Waals surface area contributed by atoms with Gasteiger partial charge in [-0.15, -0.1) is 0 Å². The Morgan fingerprint density at radius 2 is 1.38 bits per heavy atom. The number of hydrogen-bond donors (Lipinski definition) is 0. The molecular weight excluding hydrogens is 219 g/mol. The summed E-state index contributed by atoms with van der Waals surface area (Å²) in [6, 6.07) is 16.1. The van der Waals surface area contributed by atoms with Crippen LogP contribution >= 0.6 is 7.80 Å². The molecule has 1 atom stereocenters. The van der Waals surface area contributed by atoms with Gasteiger partial charge in [0.15, 0.2) is 10.6 Å². The molecule has 0 aliphatic heterocycles. The summed E-state index contributed by atoms with van der Waals surface area (Å²) in [6.07, 6.45) is 0.777. The zero-order chi connectivity index (χ0) is 11.4. The maximum Gasteiger partial charge on any atom is 0.415 e. The zero-order valence-corrected chi connectivity index (χ0v) is 9.43. The van der Waals surface area contributed by atoms with E-state index in [1.54, 1.807) is 24.3 Å². The summed E-state index contributed by atoms with van der Waals surface area (Å²) in [4.78, 5) is 10.5. The van der Waals surface area contributed by atoms with E-state index in [0.29, 0.717) is 5.56 Å². The van der Waals surface area contributed by atoms with Gasteiger partial charge in [-0.05, 0) is 36.4 Å². The van der Waals surface area contributed by atoms with Gasteiger partial charge in [0, 0.05) is 5.56 Å². The summed E-state index contributed by atoms with van der Waals surface area (Å²) in [6.45, 7) is 0. The van der Waals surface area contributed by atoms with Gasteiger partial charge >= 0.3 is 7.80 Å². The average molecular weight is 229 g/mol. The molecule has 2 rings (SSSR count). The van der Waals surface area contributed by atoms with Crippen LogP contribution in [0, 0.1) is 0 Å². The third kappa shape index (κ3) is 2.23. The summed E-state index contributed by atoms with van der Waals surface area (Å²) >= 11 is 0. The Bertz CT molecular complexity index is 503. The minimum Gasteiger partial charge on any atom is -0.298 e. The van der Waals surface area contributed by atoms with E-state index in [1.807, 2.05) is 30.3 Å². The minimum absolute atomic E-state index is 0.597. The van der Waals surface area contributed by atoms with Crippen molar-refractivity contribution in [3.05, 3.63) is 60.2 Å². The third-order valence-electron chi connectivity index (χ3n) is 2.25. The molecule has 2 nitrogen and oxygen atoms in total. The lowest BCUT2D eigenvalue weighted by Crippen LogP contribution is -2.05. The molecule has 0 heterocycles. The smallest absolute Gasteiger partial charge is 0.298 e. The molecule has 2 aromatic rings. The van der Waals surface area contributed by atoms with E-state index < -0.39 is 7.80 Å². The van der Waals surface area contributed by atoms with E-state index in [2.05, 4.69) is 0 Å². The quantitative estimate of drug-likeness (QED) is 0.597. The summed E-state index contributed by atoms with van der Waals surface area (Å²) in [5.74, 6) is 0. The Hall–Kier alpha value is -1.79. The number of aldehydes is 1. The number of rotatable bonds is 3. The Kier molecular flexibility index (Phi) is 3.23. The van der Waals surface area contributed by atoms with E-state index in [4.69, 9.17) is 0 Å². The normalized spacial score (nSPS) is 10.9. The molecular formula is C13H10O2P+. The van der Waals surface area contributed by atoms with Gasteiger partial charge in [0.1, 0.15) is 6.29 Å². The van der Waals surface area contributed by atoms with Gasteiger partial charge in [0.25, 0.3) is 0 Å². The van der Waals surface area contributed by atoms with Crippen molar-refractivity contribution in [3.63, 3.8) is 0 Å². The Labute approximate surface area is 94.7 Å². The first-order valence-corrected chi connectivity index (χ1v) is 6.15. The molecule has 0 amide bonds. The molecule has 16 heavy (non-hydrogen) atoms. The van der Waals surface area contributed by atoms with E-state index in [9.17, 15) is 9.36 Å². The van der Waals surface area contributed by atoms with Gasteiger partial charge in [-0.2, -0.15) is 0 Å². The fraction of sp³-hybridized carbons (Fsp3) is 0. The summed E-state index contributed by atoms with van der Waals surface area (Å²) < 4.78 is 12.1. The average Bonchev–Trinajstić information content (AvgIpc) is 2.39. The van der Waals surface area contributed by atoms with Crippen molar-refractivity contribution in [2.75, 3.05) is 0 Å². The highest BCUT2D eigenvalue weighted by Gasteiger charge is 2.22. The Balaban J connectivity index is 2.31. The Morgan fingerprint density at radius 3 is 1.94 bits per heavy atom. The summed E-state index contributed by atoms with van der Waals surface area (Å²) in [7, 11) is -1.55. The minimum atomic E-state index is -1.55. The van der Waals surface area contributed by atoms with Crippen LogP contribution in [0.4, 0.5) is 0 Å².